The van der Waals surface area contributed by atoms with Gasteiger partial charge in [0.2, 0.25) is 0 Å². The molecule has 2 N–H and O–H groups in total. The van der Waals surface area contributed by atoms with Gasteiger partial charge in [-0.05, 0) is 24.3 Å². The van der Waals surface area contributed by atoms with E-state index in [0.717, 1.165) is 6.07 Å². The quantitative estimate of drug-likeness (QED) is 0.787. The molecular formula is C13H10F2N4S. The molecule has 7 heteroatoms. The summed E-state index contributed by atoms with van der Waals surface area (Å²) in [6.45, 7) is 0. The zero-order valence-electron chi connectivity index (χ0n) is 10.5. The summed E-state index contributed by atoms with van der Waals surface area (Å²) in [6, 6.07) is 6.90. The number of nitrogens with two attached hydrogens (primary N) is 1. The first-order valence-electron chi connectivity index (χ1n) is 5.76. The van der Waals surface area contributed by atoms with Crippen molar-refractivity contribution < 1.29 is 8.78 Å². The van der Waals surface area contributed by atoms with Crippen LogP contribution in [-0.4, -0.2) is 17.0 Å². The zero-order valence-corrected chi connectivity index (χ0v) is 11.3. The van der Waals surface area contributed by atoms with E-state index in [1.165, 1.54) is 23.5 Å². The Morgan fingerprint density at radius 1 is 1.15 bits per heavy atom. The van der Waals surface area contributed by atoms with Gasteiger partial charge in [0.05, 0.1) is 5.69 Å². The number of aromatic nitrogens is 2. The summed E-state index contributed by atoms with van der Waals surface area (Å²) in [7, 11) is 1.66. The molecule has 0 unspecified atom stereocenters. The third-order valence-corrected chi connectivity index (χ3v) is 3.67. The van der Waals surface area contributed by atoms with E-state index in [1.807, 2.05) is 0 Å². The van der Waals surface area contributed by atoms with Gasteiger partial charge in [0.15, 0.2) is 5.13 Å². The molecule has 2 heterocycles. The summed E-state index contributed by atoms with van der Waals surface area (Å²) < 4.78 is 26.7. The average molecular weight is 292 g/mol. The number of hydrogen-bond donors (Lipinski definition) is 1. The number of pyridine rings is 1. The molecule has 3 aromatic rings. The molecule has 3 rings (SSSR count). The number of halogens is 2. The Labute approximate surface area is 117 Å². The molecule has 0 aliphatic heterocycles. The molecule has 102 valence electrons. The third kappa shape index (κ3) is 2.16. The first-order chi connectivity index (χ1) is 9.54. The van der Waals surface area contributed by atoms with Crippen LogP contribution in [0.5, 0.6) is 0 Å². The van der Waals surface area contributed by atoms with Crippen LogP contribution in [0.25, 0.3) is 10.3 Å². The smallest absolute Gasteiger partial charge is 0.182 e. The second-order valence-corrected chi connectivity index (χ2v) is 5.21. The minimum absolute atomic E-state index is 0.246. The fraction of sp³-hybridized carbons (Fsp3) is 0.0769. The van der Waals surface area contributed by atoms with Crippen molar-refractivity contribution in [3.8, 4) is 0 Å². The van der Waals surface area contributed by atoms with Gasteiger partial charge in [0.25, 0.3) is 0 Å². The van der Waals surface area contributed by atoms with E-state index in [0.29, 0.717) is 21.3 Å². The Hall–Kier alpha value is -2.28. The number of nitrogen functional groups attached to an aromatic ring is 1. The minimum atomic E-state index is -0.641. The second kappa shape index (κ2) is 4.68. The molecular weight excluding hydrogens is 282 g/mol. The molecule has 0 amide bonds. The van der Waals surface area contributed by atoms with Gasteiger partial charge in [0, 0.05) is 13.1 Å². The van der Waals surface area contributed by atoms with Gasteiger partial charge in [-0.1, -0.05) is 11.3 Å². The highest BCUT2D eigenvalue weighted by molar-refractivity contribution is 7.21. The number of thiazole rings is 1. The van der Waals surface area contributed by atoms with E-state index in [4.69, 9.17) is 5.73 Å². The number of benzene rings is 1. The lowest BCUT2D eigenvalue weighted by Crippen LogP contribution is -2.12. The van der Waals surface area contributed by atoms with Crippen molar-refractivity contribution in [3.63, 3.8) is 0 Å². The molecule has 20 heavy (non-hydrogen) atoms. The van der Waals surface area contributed by atoms with E-state index < -0.39 is 11.6 Å². The minimum Gasteiger partial charge on any atom is -0.375 e. The van der Waals surface area contributed by atoms with E-state index in [1.54, 1.807) is 24.1 Å². The molecule has 0 atom stereocenters. The maximum absolute atomic E-state index is 13.8. The topological polar surface area (TPSA) is 55.0 Å². The molecule has 0 spiro atoms. The SMILES string of the molecule is CN(c1ccc2nc(N)sc2n1)c1ccc(F)cc1F. The van der Waals surface area contributed by atoms with Gasteiger partial charge >= 0.3 is 0 Å². The first-order valence-corrected chi connectivity index (χ1v) is 6.58. The fourth-order valence-corrected chi connectivity index (χ4v) is 2.59. The van der Waals surface area contributed by atoms with Crippen LogP contribution in [0.3, 0.4) is 0 Å². The lowest BCUT2D eigenvalue weighted by molar-refractivity contribution is 0.583. The van der Waals surface area contributed by atoms with Crippen molar-refractivity contribution in [2.24, 2.45) is 0 Å². The normalized spacial score (nSPS) is 10.9. The van der Waals surface area contributed by atoms with E-state index in [9.17, 15) is 8.78 Å². The molecule has 4 nitrogen and oxygen atoms in total. The van der Waals surface area contributed by atoms with Gasteiger partial charge < -0.3 is 10.6 Å². The monoisotopic (exact) mass is 292 g/mol. The van der Waals surface area contributed by atoms with Crippen LogP contribution in [0.15, 0.2) is 30.3 Å². The van der Waals surface area contributed by atoms with Gasteiger partial charge in [-0.15, -0.1) is 0 Å². The highest BCUT2D eigenvalue weighted by atomic mass is 32.1. The second-order valence-electron chi connectivity index (χ2n) is 4.20. The number of fused-ring (bicyclic) bond motifs is 1. The number of rotatable bonds is 2. The van der Waals surface area contributed by atoms with Crippen molar-refractivity contribution in [1.29, 1.82) is 0 Å². The van der Waals surface area contributed by atoms with Crippen LogP contribution in [0.1, 0.15) is 0 Å². The standard InChI is InChI=1S/C13H10F2N4S/c1-19(10-4-2-7(14)6-8(10)15)11-5-3-9-12(18-11)20-13(16)17-9/h2-6H,1H3,(H2,16,17). The summed E-state index contributed by atoms with van der Waals surface area (Å²) in [6.07, 6.45) is 0. The van der Waals surface area contributed by atoms with Crippen LogP contribution < -0.4 is 10.6 Å². The maximum Gasteiger partial charge on any atom is 0.182 e. The zero-order chi connectivity index (χ0) is 14.3. The summed E-state index contributed by atoms with van der Waals surface area (Å²) in [5.74, 6) is -0.719. The Morgan fingerprint density at radius 3 is 2.70 bits per heavy atom. The number of anilines is 3. The molecule has 2 aromatic heterocycles. The fourth-order valence-electron chi connectivity index (χ4n) is 1.89. The van der Waals surface area contributed by atoms with Gasteiger partial charge in [-0.2, -0.15) is 0 Å². The van der Waals surface area contributed by atoms with E-state index >= 15 is 0 Å². The third-order valence-electron chi connectivity index (χ3n) is 2.87. The van der Waals surface area contributed by atoms with Crippen LogP contribution in [0, 0.1) is 11.6 Å². The first kappa shape index (κ1) is 12.7. The highest BCUT2D eigenvalue weighted by Gasteiger charge is 2.13. The van der Waals surface area contributed by atoms with Crippen molar-refractivity contribution in [2.75, 3.05) is 17.7 Å². The molecule has 0 saturated heterocycles. The Morgan fingerprint density at radius 2 is 1.95 bits per heavy atom. The Kier molecular flexibility index (Phi) is 2.98. The van der Waals surface area contributed by atoms with Crippen LogP contribution in [-0.2, 0) is 0 Å². The van der Waals surface area contributed by atoms with E-state index in [-0.39, 0.29) is 5.69 Å². The van der Waals surface area contributed by atoms with Gasteiger partial charge in [-0.3, -0.25) is 0 Å². The summed E-state index contributed by atoms with van der Waals surface area (Å²) in [5, 5.41) is 0.431. The van der Waals surface area contributed by atoms with Crippen molar-refractivity contribution in [3.05, 3.63) is 42.0 Å². The van der Waals surface area contributed by atoms with Crippen molar-refractivity contribution in [1.82, 2.24) is 9.97 Å². The predicted octanol–water partition coefficient (Wildman–Crippen LogP) is 3.32. The number of hydrogen-bond acceptors (Lipinski definition) is 5. The molecule has 0 aliphatic rings. The molecule has 0 saturated carbocycles. The maximum atomic E-state index is 13.8. The predicted molar refractivity (Wildman–Crippen MR) is 76.2 cm³/mol. The molecule has 0 bridgehead atoms. The Balaban J connectivity index is 2.04. The molecule has 1 aromatic carbocycles. The lowest BCUT2D eigenvalue weighted by atomic mass is 10.2. The van der Waals surface area contributed by atoms with Crippen molar-refractivity contribution >= 4 is 38.3 Å². The lowest BCUT2D eigenvalue weighted by Gasteiger charge is -2.18. The highest BCUT2D eigenvalue weighted by Crippen LogP contribution is 2.29. The van der Waals surface area contributed by atoms with Crippen LogP contribution in [0.4, 0.5) is 25.4 Å². The largest absolute Gasteiger partial charge is 0.375 e. The molecule has 0 aliphatic carbocycles. The average Bonchev–Trinajstić information content (AvgIpc) is 2.77. The summed E-state index contributed by atoms with van der Waals surface area (Å²) in [4.78, 5) is 10.7. The van der Waals surface area contributed by atoms with Crippen molar-refractivity contribution in [2.45, 2.75) is 0 Å². The molecule has 0 fully saturated rings. The van der Waals surface area contributed by atoms with Crippen LogP contribution in [0.2, 0.25) is 0 Å². The molecule has 0 radical (unpaired) electrons. The summed E-state index contributed by atoms with van der Waals surface area (Å²) >= 11 is 1.26. The van der Waals surface area contributed by atoms with Gasteiger partial charge in [0.1, 0.15) is 27.8 Å². The Bertz CT molecular complexity index is 787. The summed E-state index contributed by atoms with van der Waals surface area (Å²) in [5.41, 5.74) is 6.57. The van der Waals surface area contributed by atoms with Crippen LogP contribution >= 0.6 is 11.3 Å². The van der Waals surface area contributed by atoms with E-state index in [2.05, 4.69) is 9.97 Å². The van der Waals surface area contributed by atoms with Gasteiger partial charge in [-0.25, -0.2) is 18.7 Å². The number of nitrogens with zero attached hydrogens (tertiary/aromatic N) is 3.